The zero-order chi connectivity index (χ0) is 22.8. The van der Waals surface area contributed by atoms with Crippen LogP contribution in [0.5, 0.6) is 0 Å². The molecule has 0 aromatic carbocycles. The van der Waals surface area contributed by atoms with Crippen LogP contribution in [-0.2, 0) is 11.0 Å². The summed E-state index contributed by atoms with van der Waals surface area (Å²) in [6.45, 7) is 2.24. The zero-order valence-electron chi connectivity index (χ0n) is 17.7. The lowest BCUT2D eigenvalue weighted by Crippen LogP contribution is -2.61. The summed E-state index contributed by atoms with van der Waals surface area (Å²) in [7, 11) is 0. The maximum absolute atomic E-state index is 13.8. The molecule has 2 amide bonds. The average molecular weight is 469 g/mol. The number of hydrogen-bond acceptors (Lipinski definition) is 3. The summed E-state index contributed by atoms with van der Waals surface area (Å²) < 4.78 is 42.5. The van der Waals surface area contributed by atoms with E-state index in [4.69, 9.17) is 11.6 Å². The molecule has 1 saturated heterocycles. The third kappa shape index (κ3) is 3.54. The highest BCUT2D eigenvalue weighted by Gasteiger charge is 2.41. The lowest BCUT2D eigenvalue weighted by Gasteiger charge is -2.46. The number of amides is 2. The Balaban J connectivity index is 1.52. The smallest absolute Gasteiger partial charge is 0.336 e. The van der Waals surface area contributed by atoms with Crippen LogP contribution in [-0.4, -0.2) is 56.2 Å². The number of alkyl halides is 3. The number of carbonyl (C=O) groups is 2. The van der Waals surface area contributed by atoms with Crippen molar-refractivity contribution in [2.24, 2.45) is 0 Å². The van der Waals surface area contributed by atoms with Crippen LogP contribution in [0.2, 0.25) is 5.15 Å². The summed E-state index contributed by atoms with van der Waals surface area (Å²) in [5.74, 6) is -0.673. The summed E-state index contributed by atoms with van der Waals surface area (Å²) in [5, 5.41) is -0.151. The van der Waals surface area contributed by atoms with Gasteiger partial charge in [0.1, 0.15) is 11.7 Å². The van der Waals surface area contributed by atoms with Crippen LogP contribution in [0.4, 0.5) is 13.2 Å². The van der Waals surface area contributed by atoms with Gasteiger partial charge in [0.15, 0.2) is 11.3 Å². The number of carbonyl (C=O) groups excluding carboxylic acids is 2. The van der Waals surface area contributed by atoms with Crippen molar-refractivity contribution >= 4 is 29.1 Å². The molecule has 3 fully saturated rings. The molecule has 0 bridgehead atoms. The molecule has 3 heterocycles. The van der Waals surface area contributed by atoms with E-state index in [-0.39, 0.29) is 46.9 Å². The molecule has 6 nitrogen and oxygen atoms in total. The Hall–Kier alpha value is -2.29. The normalized spacial score (nSPS) is 22.5. The van der Waals surface area contributed by atoms with Crippen LogP contribution >= 0.6 is 11.6 Å². The predicted molar refractivity (Wildman–Crippen MR) is 112 cm³/mol. The van der Waals surface area contributed by atoms with Crippen molar-refractivity contribution in [2.75, 3.05) is 13.1 Å². The Kier molecular flexibility index (Phi) is 5.15. The largest absolute Gasteiger partial charge is 0.419 e. The molecule has 0 radical (unpaired) electrons. The highest BCUT2D eigenvalue weighted by molar-refractivity contribution is 6.33. The standard InChI is InChI=1S/C22H24ClF3N4O2/c1-2-14-10-28(15-4-3-5-15)17(31)11-29(14)21(32)18-19(23)30-9-13(12-6-7-12)8-16(20(30)27-18)22(24,25)26/h8-9,12,14-15H,2-7,10-11H2,1H3. The van der Waals surface area contributed by atoms with Gasteiger partial charge < -0.3 is 9.80 Å². The molecule has 2 aliphatic carbocycles. The zero-order valence-corrected chi connectivity index (χ0v) is 18.4. The van der Waals surface area contributed by atoms with E-state index >= 15 is 0 Å². The molecule has 0 N–H and O–H groups in total. The molecule has 5 rings (SSSR count). The number of rotatable bonds is 4. The van der Waals surface area contributed by atoms with Gasteiger partial charge in [0.2, 0.25) is 5.91 Å². The molecule has 1 aliphatic heterocycles. The first-order chi connectivity index (χ1) is 15.2. The Morgan fingerprint density at radius 3 is 2.53 bits per heavy atom. The van der Waals surface area contributed by atoms with Crippen LogP contribution in [0.3, 0.4) is 0 Å². The fourth-order valence-corrected chi connectivity index (χ4v) is 4.94. The van der Waals surface area contributed by atoms with Gasteiger partial charge in [-0.25, -0.2) is 4.98 Å². The van der Waals surface area contributed by atoms with E-state index in [1.54, 1.807) is 6.20 Å². The molecular weight excluding hydrogens is 445 g/mol. The fourth-order valence-electron chi connectivity index (χ4n) is 4.69. The van der Waals surface area contributed by atoms with Crippen LogP contribution in [0, 0.1) is 0 Å². The summed E-state index contributed by atoms with van der Waals surface area (Å²) >= 11 is 6.42. The molecule has 32 heavy (non-hydrogen) atoms. The number of nitrogens with zero attached hydrogens (tertiary/aromatic N) is 4. The summed E-state index contributed by atoms with van der Waals surface area (Å²) in [4.78, 5) is 33.4. The number of piperazine rings is 1. The molecule has 3 aliphatic rings. The predicted octanol–water partition coefficient (Wildman–Crippen LogP) is 4.50. The molecule has 0 spiro atoms. The van der Waals surface area contributed by atoms with Crippen LogP contribution in [0.1, 0.15) is 73.0 Å². The van der Waals surface area contributed by atoms with E-state index in [1.807, 2.05) is 11.8 Å². The fraction of sp³-hybridized carbons (Fsp3) is 0.591. The van der Waals surface area contributed by atoms with Crippen molar-refractivity contribution < 1.29 is 22.8 Å². The third-order valence-electron chi connectivity index (χ3n) is 6.96. The van der Waals surface area contributed by atoms with Gasteiger partial charge in [-0.1, -0.05) is 18.5 Å². The van der Waals surface area contributed by atoms with Gasteiger partial charge in [0, 0.05) is 24.8 Å². The lowest BCUT2D eigenvalue weighted by atomic mass is 9.90. The van der Waals surface area contributed by atoms with Crippen molar-refractivity contribution in [3.05, 3.63) is 34.2 Å². The number of pyridine rings is 1. The van der Waals surface area contributed by atoms with E-state index in [0.717, 1.165) is 38.2 Å². The number of halogens is 4. The number of fused-ring (bicyclic) bond motifs is 1. The van der Waals surface area contributed by atoms with Crippen molar-refractivity contribution in [3.8, 4) is 0 Å². The van der Waals surface area contributed by atoms with Gasteiger partial charge in [-0.05, 0) is 56.1 Å². The highest BCUT2D eigenvalue weighted by atomic mass is 35.5. The first-order valence-corrected chi connectivity index (χ1v) is 11.5. The van der Waals surface area contributed by atoms with Gasteiger partial charge in [0.05, 0.1) is 5.56 Å². The van der Waals surface area contributed by atoms with E-state index in [2.05, 4.69) is 4.98 Å². The lowest BCUT2D eigenvalue weighted by molar-refractivity contribution is -0.142. The topological polar surface area (TPSA) is 57.9 Å². The quantitative estimate of drug-likeness (QED) is 0.664. The molecule has 172 valence electrons. The molecule has 2 saturated carbocycles. The number of imidazole rings is 1. The molecule has 1 atom stereocenters. The van der Waals surface area contributed by atoms with Gasteiger partial charge in [-0.3, -0.25) is 14.0 Å². The van der Waals surface area contributed by atoms with Crippen molar-refractivity contribution in [3.63, 3.8) is 0 Å². The van der Waals surface area contributed by atoms with Crippen LogP contribution < -0.4 is 0 Å². The summed E-state index contributed by atoms with van der Waals surface area (Å²) in [6.07, 6.45) is 2.22. The van der Waals surface area contributed by atoms with Crippen molar-refractivity contribution in [1.29, 1.82) is 0 Å². The first-order valence-electron chi connectivity index (χ1n) is 11.1. The number of hydrogen-bond donors (Lipinski definition) is 0. The molecular formula is C22H24ClF3N4O2. The minimum Gasteiger partial charge on any atom is -0.336 e. The monoisotopic (exact) mass is 468 g/mol. The van der Waals surface area contributed by atoms with Crippen LogP contribution in [0.15, 0.2) is 12.3 Å². The van der Waals surface area contributed by atoms with E-state index in [0.29, 0.717) is 18.5 Å². The second-order valence-corrected chi connectivity index (χ2v) is 9.39. The Labute approximate surface area is 188 Å². The molecule has 10 heteroatoms. The van der Waals surface area contributed by atoms with Crippen molar-refractivity contribution in [1.82, 2.24) is 19.2 Å². The SMILES string of the molecule is CCC1CN(C2CCC2)C(=O)CN1C(=O)c1nc2c(C(F)(F)F)cc(C3CC3)cn2c1Cl. The van der Waals surface area contributed by atoms with Gasteiger partial charge in [-0.2, -0.15) is 13.2 Å². The Morgan fingerprint density at radius 2 is 1.97 bits per heavy atom. The Morgan fingerprint density at radius 1 is 1.25 bits per heavy atom. The maximum Gasteiger partial charge on any atom is 0.419 e. The summed E-state index contributed by atoms with van der Waals surface area (Å²) in [5.41, 5.74) is -0.990. The van der Waals surface area contributed by atoms with E-state index in [9.17, 15) is 22.8 Å². The third-order valence-corrected chi connectivity index (χ3v) is 7.32. The summed E-state index contributed by atoms with van der Waals surface area (Å²) in [6, 6.07) is 1.11. The first kappa shape index (κ1) is 21.6. The molecule has 2 aromatic heterocycles. The average Bonchev–Trinajstić information content (AvgIpc) is 3.50. The van der Waals surface area contributed by atoms with Gasteiger partial charge in [0.25, 0.3) is 5.91 Å². The van der Waals surface area contributed by atoms with Gasteiger partial charge >= 0.3 is 6.18 Å². The molecule has 2 aromatic rings. The number of aromatic nitrogens is 2. The van der Waals surface area contributed by atoms with Gasteiger partial charge in [-0.15, -0.1) is 0 Å². The van der Waals surface area contributed by atoms with E-state index in [1.165, 1.54) is 9.30 Å². The van der Waals surface area contributed by atoms with Crippen molar-refractivity contribution in [2.45, 2.75) is 69.6 Å². The second kappa shape index (κ2) is 7.64. The van der Waals surface area contributed by atoms with E-state index < -0.39 is 17.6 Å². The molecule has 1 unspecified atom stereocenters. The second-order valence-electron chi connectivity index (χ2n) is 9.03. The minimum atomic E-state index is -4.63. The van der Waals surface area contributed by atoms with Crippen LogP contribution in [0.25, 0.3) is 5.65 Å². The highest BCUT2D eigenvalue weighted by Crippen LogP contribution is 2.43. The Bertz CT molecular complexity index is 1090. The minimum absolute atomic E-state index is 0.0693. The maximum atomic E-state index is 13.8.